The molecule has 0 radical (unpaired) electrons. The molecule has 8 heteroatoms. The first kappa shape index (κ1) is 20.6. The zero-order valence-electron chi connectivity index (χ0n) is 14.9. The number of ketones is 1. The normalized spacial score (nSPS) is 13.5. The molecule has 0 spiro atoms. The van der Waals surface area contributed by atoms with Crippen LogP contribution in [0, 0.1) is 0 Å². The van der Waals surface area contributed by atoms with Crippen LogP contribution in [0.25, 0.3) is 0 Å². The molecule has 1 saturated heterocycles. The van der Waals surface area contributed by atoms with Crippen molar-refractivity contribution < 1.29 is 29.3 Å². The molecular weight excluding hydrogens is 370 g/mol. The Balaban J connectivity index is 0.000000380. The average Bonchev–Trinajstić information content (AvgIpc) is 3.36. The molecule has 1 aromatic heterocycles. The van der Waals surface area contributed by atoms with Gasteiger partial charge in [0.25, 0.3) is 0 Å². The molecule has 2 heterocycles. The minimum Gasteiger partial charge on any atom is -0.496 e. The number of carboxylic acids is 2. The monoisotopic (exact) mass is 391 g/mol. The van der Waals surface area contributed by atoms with Crippen molar-refractivity contribution in [1.29, 1.82) is 0 Å². The van der Waals surface area contributed by atoms with Crippen LogP contribution in [0.5, 0.6) is 5.75 Å². The molecule has 1 aliphatic rings. The molecule has 0 aliphatic carbocycles. The van der Waals surface area contributed by atoms with Crippen molar-refractivity contribution in [1.82, 2.24) is 4.90 Å². The van der Waals surface area contributed by atoms with Gasteiger partial charge in [0.15, 0.2) is 5.78 Å². The van der Waals surface area contributed by atoms with Crippen molar-refractivity contribution in [3.05, 3.63) is 51.7 Å². The van der Waals surface area contributed by atoms with E-state index in [9.17, 15) is 4.79 Å². The second kappa shape index (κ2) is 9.84. The molecule has 7 nitrogen and oxygen atoms in total. The van der Waals surface area contributed by atoms with Crippen molar-refractivity contribution in [3.63, 3.8) is 0 Å². The number of carbonyl (C=O) groups is 3. The minimum absolute atomic E-state index is 0.0577. The molecule has 1 aromatic carbocycles. The van der Waals surface area contributed by atoms with Gasteiger partial charge < -0.3 is 14.9 Å². The van der Waals surface area contributed by atoms with Gasteiger partial charge in [-0.25, -0.2) is 9.59 Å². The van der Waals surface area contributed by atoms with Crippen LogP contribution in [0.4, 0.5) is 0 Å². The van der Waals surface area contributed by atoms with Gasteiger partial charge in [0, 0.05) is 28.6 Å². The summed E-state index contributed by atoms with van der Waals surface area (Å²) in [5.41, 5.74) is 2.59. The summed E-state index contributed by atoms with van der Waals surface area (Å²) in [4.78, 5) is 33.0. The average molecular weight is 391 g/mol. The van der Waals surface area contributed by atoms with Gasteiger partial charge in [0.1, 0.15) is 5.75 Å². The van der Waals surface area contributed by atoms with Gasteiger partial charge in [-0.2, -0.15) is 11.3 Å². The van der Waals surface area contributed by atoms with E-state index in [-0.39, 0.29) is 5.78 Å². The maximum absolute atomic E-state index is 12.4. The maximum Gasteiger partial charge on any atom is 0.414 e. The van der Waals surface area contributed by atoms with Crippen LogP contribution in [-0.2, 0) is 16.1 Å². The highest BCUT2D eigenvalue weighted by atomic mass is 32.1. The van der Waals surface area contributed by atoms with Gasteiger partial charge in [0.2, 0.25) is 0 Å². The molecule has 0 atom stereocenters. The standard InChI is InChI=1S/C17H19NO2S.C2H2O4/c1-20-16-10-13(17(19)15-6-9-21-12-15)4-5-14(16)11-18-7-2-3-8-18;3-1(4)2(5)6/h4-6,9-10,12H,2-3,7-8,11H2,1H3;(H,3,4)(H,5,6). The summed E-state index contributed by atoms with van der Waals surface area (Å²) in [6.07, 6.45) is 2.55. The van der Waals surface area contributed by atoms with E-state index in [1.807, 2.05) is 35.0 Å². The summed E-state index contributed by atoms with van der Waals surface area (Å²) in [5, 5.41) is 18.6. The highest BCUT2D eigenvalue weighted by Gasteiger charge is 2.16. The van der Waals surface area contributed by atoms with E-state index in [4.69, 9.17) is 24.5 Å². The van der Waals surface area contributed by atoms with Crippen LogP contribution in [0.1, 0.15) is 34.3 Å². The van der Waals surface area contributed by atoms with Crippen LogP contribution in [0.3, 0.4) is 0 Å². The summed E-state index contributed by atoms with van der Waals surface area (Å²) >= 11 is 1.54. The van der Waals surface area contributed by atoms with E-state index >= 15 is 0 Å². The topological polar surface area (TPSA) is 104 Å². The highest BCUT2D eigenvalue weighted by Crippen LogP contribution is 2.25. The molecular formula is C19H21NO6S. The van der Waals surface area contributed by atoms with E-state index in [0.29, 0.717) is 5.56 Å². The third-order valence-corrected chi connectivity index (χ3v) is 4.79. The Kier molecular flexibility index (Phi) is 7.51. The molecule has 27 heavy (non-hydrogen) atoms. The third kappa shape index (κ3) is 5.90. The van der Waals surface area contributed by atoms with Crippen molar-refractivity contribution in [2.45, 2.75) is 19.4 Å². The van der Waals surface area contributed by atoms with Gasteiger partial charge in [0.05, 0.1) is 7.11 Å². The number of benzene rings is 1. The Labute approximate surface area is 160 Å². The number of methoxy groups -OCH3 is 1. The SMILES string of the molecule is COc1cc(C(=O)c2ccsc2)ccc1CN1CCCC1.O=C(O)C(=O)O. The molecule has 2 N–H and O–H groups in total. The molecule has 3 rings (SSSR count). The van der Waals surface area contributed by atoms with Gasteiger partial charge in [-0.3, -0.25) is 9.69 Å². The first-order chi connectivity index (χ1) is 12.9. The summed E-state index contributed by atoms with van der Waals surface area (Å²) in [6, 6.07) is 7.66. The quantitative estimate of drug-likeness (QED) is 0.596. The first-order valence-corrected chi connectivity index (χ1v) is 9.29. The predicted octanol–water partition coefficient (Wildman–Crippen LogP) is 2.74. The summed E-state index contributed by atoms with van der Waals surface area (Å²) in [7, 11) is 1.67. The van der Waals surface area contributed by atoms with E-state index in [0.717, 1.165) is 36.5 Å². The number of likely N-dealkylation sites (tertiary alicyclic amines) is 1. The van der Waals surface area contributed by atoms with Crippen molar-refractivity contribution in [2.75, 3.05) is 20.2 Å². The molecule has 0 bridgehead atoms. The fraction of sp³-hybridized carbons (Fsp3) is 0.316. The largest absolute Gasteiger partial charge is 0.496 e. The number of aliphatic carboxylic acids is 2. The number of rotatable bonds is 5. The Hall–Kier alpha value is -2.71. The van der Waals surface area contributed by atoms with E-state index in [1.54, 1.807) is 7.11 Å². The lowest BCUT2D eigenvalue weighted by molar-refractivity contribution is -0.159. The van der Waals surface area contributed by atoms with Gasteiger partial charge in [-0.1, -0.05) is 12.1 Å². The fourth-order valence-corrected chi connectivity index (χ4v) is 3.39. The minimum atomic E-state index is -1.82. The molecule has 2 aromatic rings. The summed E-state index contributed by atoms with van der Waals surface area (Å²) < 4.78 is 5.49. The highest BCUT2D eigenvalue weighted by molar-refractivity contribution is 7.08. The van der Waals surface area contributed by atoms with Crippen molar-refractivity contribution >= 4 is 29.1 Å². The second-order valence-electron chi connectivity index (χ2n) is 5.96. The van der Waals surface area contributed by atoms with Crippen LogP contribution >= 0.6 is 11.3 Å². The van der Waals surface area contributed by atoms with E-state index < -0.39 is 11.9 Å². The molecule has 144 valence electrons. The molecule has 0 saturated carbocycles. The number of nitrogens with zero attached hydrogens (tertiary/aromatic N) is 1. The molecule has 1 aliphatic heterocycles. The van der Waals surface area contributed by atoms with Crippen LogP contribution in [-0.4, -0.2) is 53.0 Å². The lowest BCUT2D eigenvalue weighted by Crippen LogP contribution is -2.19. The first-order valence-electron chi connectivity index (χ1n) is 8.34. The zero-order chi connectivity index (χ0) is 19.8. The number of thiophene rings is 1. The van der Waals surface area contributed by atoms with Crippen LogP contribution < -0.4 is 4.74 Å². The third-order valence-electron chi connectivity index (χ3n) is 4.11. The second-order valence-corrected chi connectivity index (χ2v) is 6.74. The molecule has 0 unspecified atom stereocenters. The maximum atomic E-state index is 12.4. The van der Waals surface area contributed by atoms with Crippen molar-refractivity contribution in [2.24, 2.45) is 0 Å². The smallest absolute Gasteiger partial charge is 0.414 e. The Morgan fingerprint density at radius 3 is 2.26 bits per heavy atom. The summed E-state index contributed by atoms with van der Waals surface area (Å²) in [5.74, 6) is -2.78. The van der Waals surface area contributed by atoms with Gasteiger partial charge in [-0.05, 0) is 43.4 Å². The van der Waals surface area contributed by atoms with E-state index in [2.05, 4.69) is 4.90 Å². The number of carbonyl (C=O) groups excluding carboxylic acids is 1. The Morgan fingerprint density at radius 2 is 1.74 bits per heavy atom. The zero-order valence-corrected chi connectivity index (χ0v) is 15.7. The number of ether oxygens (including phenoxy) is 1. The van der Waals surface area contributed by atoms with Crippen molar-refractivity contribution in [3.8, 4) is 5.75 Å². The summed E-state index contributed by atoms with van der Waals surface area (Å²) in [6.45, 7) is 3.20. The van der Waals surface area contributed by atoms with Crippen LogP contribution in [0.2, 0.25) is 0 Å². The van der Waals surface area contributed by atoms with E-state index in [1.165, 1.54) is 24.2 Å². The van der Waals surface area contributed by atoms with Crippen LogP contribution in [0.15, 0.2) is 35.0 Å². The number of carboxylic acid groups (broad SMARTS) is 2. The number of hydrogen-bond donors (Lipinski definition) is 2. The number of hydrogen-bond acceptors (Lipinski definition) is 6. The molecule has 1 fully saturated rings. The van der Waals surface area contributed by atoms with Gasteiger partial charge in [-0.15, -0.1) is 0 Å². The Bertz CT molecular complexity index is 785. The predicted molar refractivity (Wildman–Crippen MR) is 101 cm³/mol. The lowest BCUT2D eigenvalue weighted by atomic mass is 10.0. The Morgan fingerprint density at radius 1 is 1.07 bits per heavy atom. The molecule has 0 amide bonds. The van der Waals surface area contributed by atoms with Gasteiger partial charge >= 0.3 is 11.9 Å². The lowest BCUT2D eigenvalue weighted by Gasteiger charge is -2.17. The fourth-order valence-electron chi connectivity index (χ4n) is 2.76.